The van der Waals surface area contributed by atoms with Gasteiger partial charge in [-0.05, 0) is 59.0 Å². The first-order chi connectivity index (χ1) is 16.8. The molecule has 1 aliphatic carbocycles. The molecule has 184 valence electrons. The van der Waals surface area contributed by atoms with Crippen molar-refractivity contribution in [3.63, 3.8) is 0 Å². The number of nitrogens with two attached hydrogens (primary N) is 1. The summed E-state index contributed by atoms with van der Waals surface area (Å²) in [5.74, 6) is 1.81. The van der Waals surface area contributed by atoms with Gasteiger partial charge in [0, 0.05) is 24.1 Å². The molecule has 6 rings (SSSR count). The Hall–Kier alpha value is -2.27. The van der Waals surface area contributed by atoms with Crippen molar-refractivity contribution in [2.24, 2.45) is 10.1 Å². The van der Waals surface area contributed by atoms with Crippen molar-refractivity contribution in [2.75, 3.05) is 42.3 Å². The van der Waals surface area contributed by atoms with Crippen LogP contribution < -0.4 is 16.0 Å². The Morgan fingerprint density at radius 3 is 2.80 bits per heavy atom. The summed E-state index contributed by atoms with van der Waals surface area (Å²) in [5.41, 5.74) is 8.97. The van der Waals surface area contributed by atoms with E-state index >= 15 is 0 Å². The molecule has 2 aliphatic heterocycles. The number of hydrogen-bond acceptors (Lipinski definition) is 8. The second kappa shape index (κ2) is 8.69. The molecular formula is C25H29BrN6O2S. The summed E-state index contributed by atoms with van der Waals surface area (Å²) >= 11 is 3.74. The maximum absolute atomic E-state index is 14.0. The first kappa shape index (κ1) is 23.1. The molecule has 1 aromatic heterocycles. The molecule has 1 saturated carbocycles. The lowest BCUT2D eigenvalue weighted by molar-refractivity contribution is -0.0461. The van der Waals surface area contributed by atoms with Crippen LogP contribution in [0.4, 0.5) is 11.8 Å². The van der Waals surface area contributed by atoms with Crippen LogP contribution in [0.1, 0.15) is 24.0 Å². The summed E-state index contributed by atoms with van der Waals surface area (Å²) in [6.07, 6.45) is 2.07. The number of ether oxygens (including phenoxy) is 1. The van der Waals surface area contributed by atoms with Gasteiger partial charge in [0.25, 0.3) is 0 Å². The third kappa shape index (κ3) is 4.41. The smallest absolute Gasteiger partial charge is 0.228 e. The Kier molecular flexibility index (Phi) is 5.75. The van der Waals surface area contributed by atoms with E-state index in [0.29, 0.717) is 44.5 Å². The van der Waals surface area contributed by atoms with Crippen molar-refractivity contribution in [1.82, 2.24) is 9.97 Å². The highest BCUT2D eigenvalue weighted by Gasteiger charge is 2.34. The number of fused-ring (bicyclic) bond motifs is 2. The second-order valence-corrected chi connectivity index (χ2v) is 13.0. The minimum absolute atomic E-state index is 0.231. The molecule has 1 atom stereocenters. The summed E-state index contributed by atoms with van der Waals surface area (Å²) in [5, 5.41) is 4.41. The fourth-order valence-corrected chi connectivity index (χ4v) is 7.50. The highest BCUT2D eigenvalue weighted by molar-refractivity contribution is 9.10. The minimum Gasteiger partial charge on any atom is -0.377 e. The monoisotopic (exact) mass is 556 g/mol. The third-order valence-corrected chi connectivity index (χ3v) is 10.3. The van der Waals surface area contributed by atoms with Crippen LogP contribution in [-0.4, -0.2) is 57.8 Å². The van der Waals surface area contributed by atoms with E-state index in [1.54, 1.807) is 0 Å². The third-order valence-electron chi connectivity index (χ3n) is 6.83. The van der Waals surface area contributed by atoms with Gasteiger partial charge in [-0.1, -0.05) is 24.3 Å². The van der Waals surface area contributed by atoms with Gasteiger partial charge in [0.15, 0.2) is 0 Å². The Bertz CT molecular complexity index is 1430. The average Bonchev–Trinajstić information content (AvgIpc) is 3.66. The maximum atomic E-state index is 14.0. The number of hydrogen-bond donors (Lipinski definition) is 2. The molecule has 0 amide bonds. The van der Waals surface area contributed by atoms with Crippen LogP contribution in [0.3, 0.4) is 0 Å². The number of aromatic nitrogens is 2. The number of rotatable bonds is 5. The molecule has 0 bridgehead atoms. The van der Waals surface area contributed by atoms with E-state index in [2.05, 4.69) is 39.1 Å². The summed E-state index contributed by atoms with van der Waals surface area (Å²) < 4.78 is 25.1. The molecule has 8 nitrogen and oxygen atoms in total. The van der Waals surface area contributed by atoms with Crippen LogP contribution in [-0.2, 0) is 21.0 Å². The molecule has 1 saturated heterocycles. The fourth-order valence-electron chi connectivity index (χ4n) is 4.55. The zero-order valence-electron chi connectivity index (χ0n) is 19.7. The van der Waals surface area contributed by atoms with Gasteiger partial charge < -0.3 is 20.7 Å². The van der Waals surface area contributed by atoms with E-state index in [-0.39, 0.29) is 6.04 Å². The first-order valence-electron chi connectivity index (χ1n) is 12.0. The van der Waals surface area contributed by atoms with Gasteiger partial charge in [0.2, 0.25) is 5.95 Å². The Labute approximate surface area is 214 Å². The summed E-state index contributed by atoms with van der Waals surface area (Å²) in [4.78, 5) is 12.9. The zero-order chi connectivity index (χ0) is 24.2. The van der Waals surface area contributed by atoms with Crippen molar-refractivity contribution < 1.29 is 8.95 Å². The topological polar surface area (TPSA) is 106 Å². The van der Waals surface area contributed by atoms with Crippen molar-refractivity contribution in [3.05, 3.63) is 52.0 Å². The average molecular weight is 558 g/mol. The zero-order valence-corrected chi connectivity index (χ0v) is 22.1. The molecule has 2 fully saturated rings. The van der Waals surface area contributed by atoms with Crippen LogP contribution >= 0.6 is 15.9 Å². The highest BCUT2D eigenvalue weighted by Crippen LogP contribution is 2.35. The van der Waals surface area contributed by atoms with Gasteiger partial charge in [-0.3, -0.25) is 0 Å². The van der Waals surface area contributed by atoms with Gasteiger partial charge in [-0.2, -0.15) is 4.98 Å². The van der Waals surface area contributed by atoms with E-state index in [1.807, 2.05) is 30.3 Å². The lowest BCUT2D eigenvalue weighted by Gasteiger charge is -2.38. The van der Waals surface area contributed by atoms with Gasteiger partial charge in [-0.15, -0.1) is 0 Å². The standard InChI is InChI=1S/C25H29BrN6O2S/c1-16-6-9-19-21(22(16)26)23(28-13-25(27)14-34-15-25)30-24(29-19)32-10-11-35(33,31-18-7-8-18)20-5-3-2-4-17(20)12-32/h2-6,9,18H,7-8,10-15,27H2,1H3,(H,28,29,30). The Morgan fingerprint density at radius 1 is 1.26 bits per heavy atom. The van der Waals surface area contributed by atoms with Gasteiger partial charge >= 0.3 is 0 Å². The van der Waals surface area contributed by atoms with Crippen molar-refractivity contribution >= 4 is 48.3 Å². The number of benzene rings is 2. The summed E-state index contributed by atoms with van der Waals surface area (Å²) in [6, 6.07) is 12.3. The van der Waals surface area contributed by atoms with Crippen LogP contribution in [0, 0.1) is 6.92 Å². The molecule has 0 spiro atoms. The normalized spacial score (nSPS) is 23.3. The molecule has 3 aromatic rings. The van der Waals surface area contributed by atoms with Crippen molar-refractivity contribution in [2.45, 2.75) is 42.8 Å². The van der Waals surface area contributed by atoms with E-state index in [1.165, 1.54) is 0 Å². The number of aryl methyl sites for hydroxylation is 1. The SMILES string of the molecule is Cc1ccc2nc(N3CCS(=O)(=NC4CC4)c4ccccc4C3)nc(NCC3(N)COC3)c2c1Br. The second-order valence-electron chi connectivity index (χ2n) is 9.88. The van der Waals surface area contributed by atoms with Gasteiger partial charge in [0.1, 0.15) is 5.82 Å². The van der Waals surface area contributed by atoms with Crippen LogP contribution in [0.15, 0.2) is 50.1 Å². The molecular weight excluding hydrogens is 528 g/mol. The molecule has 35 heavy (non-hydrogen) atoms. The predicted octanol–water partition coefficient (Wildman–Crippen LogP) is 3.85. The Morgan fingerprint density at radius 2 is 2.06 bits per heavy atom. The number of nitrogens with one attached hydrogen (secondary N) is 1. The first-order valence-corrected chi connectivity index (χ1v) is 14.5. The van der Waals surface area contributed by atoms with Crippen LogP contribution in [0.5, 0.6) is 0 Å². The van der Waals surface area contributed by atoms with Crippen molar-refractivity contribution in [1.29, 1.82) is 0 Å². The number of halogens is 1. The van der Waals surface area contributed by atoms with E-state index in [0.717, 1.165) is 50.1 Å². The highest BCUT2D eigenvalue weighted by atomic mass is 79.9. The molecule has 0 radical (unpaired) electrons. The lowest BCUT2D eigenvalue weighted by atomic mass is 9.99. The van der Waals surface area contributed by atoms with Crippen LogP contribution in [0.2, 0.25) is 0 Å². The number of anilines is 2. The van der Waals surface area contributed by atoms with E-state index in [9.17, 15) is 4.21 Å². The molecule has 10 heteroatoms. The molecule has 2 aromatic carbocycles. The van der Waals surface area contributed by atoms with Crippen LogP contribution in [0.25, 0.3) is 10.9 Å². The summed E-state index contributed by atoms with van der Waals surface area (Å²) in [7, 11) is -2.48. The quantitative estimate of drug-likeness (QED) is 0.491. The fraction of sp³-hybridized carbons (Fsp3) is 0.440. The molecule has 3 aliphatic rings. The van der Waals surface area contributed by atoms with Gasteiger partial charge in [-0.25, -0.2) is 13.6 Å². The van der Waals surface area contributed by atoms with E-state index in [4.69, 9.17) is 24.8 Å². The summed E-state index contributed by atoms with van der Waals surface area (Å²) in [6.45, 7) is 4.80. The minimum atomic E-state index is -2.48. The lowest BCUT2D eigenvalue weighted by Crippen LogP contribution is -2.61. The van der Waals surface area contributed by atoms with E-state index < -0.39 is 15.3 Å². The molecule has 1 unspecified atom stereocenters. The molecule has 3 N–H and O–H groups in total. The Balaban J connectivity index is 1.41. The number of nitrogens with zero attached hydrogens (tertiary/aromatic N) is 4. The predicted molar refractivity (Wildman–Crippen MR) is 142 cm³/mol. The van der Waals surface area contributed by atoms with Crippen molar-refractivity contribution in [3.8, 4) is 0 Å². The molecule has 3 heterocycles. The van der Waals surface area contributed by atoms with Gasteiger partial charge in [0.05, 0.1) is 56.1 Å². The largest absolute Gasteiger partial charge is 0.377 e. The maximum Gasteiger partial charge on any atom is 0.228 e.